The van der Waals surface area contributed by atoms with Gasteiger partial charge in [-0.2, -0.15) is 0 Å². The van der Waals surface area contributed by atoms with E-state index in [0.29, 0.717) is 23.8 Å². The minimum Gasteiger partial charge on any atom is -0.491 e. The molecule has 0 saturated heterocycles. The summed E-state index contributed by atoms with van der Waals surface area (Å²) in [7, 11) is 0. The molecule has 0 aliphatic heterocycles. The van der Waals surface area contributed by atoms with Crippen LogP contribution >= 0.6 is 0 Å². The molecule has 3 heteroatoms. The summed E-state index contributed by atoms with van der Waals surface area (Å²) in [5.74, 6) is 2.10. The van der Waals surface area contributed by atoms with Crippen molar-refractivity contribution in [3.8, 4) is 17.2 Å². The molecule has 0 heterocycles. The van der Waals surface area contributed by atoms with E-state index in [4.69, 9.17) is 15.2 Å². The Balaban J connectivity index is 2.24. The van der Waals surface area contributed by atoms with Crippen LogP contribution in [-0.4, -0.2) is 6.61 Å². The van der Waals surface area contributed by atoms with Crippen LogP contribution in [0.4, 0.5) is 5.69 Å². The van der Waals surface area contributed by atoms with Crippen molar-refractivity contribution in [3.63, 3.8) is 0 Å². The lowest BCUT2D eigenvalue weighted by atomic mass is 10.1. The summed E-state index contributed by atoms with van der Waals surface area (Å²) >= 11 is 0. The zero-order valence-corrected chi connectivity index (χ0v) is 12.3. The maximum Gasteiger partial charge on any atom is 0.154 e. The molecule has 0 aliphatic carbocycles. The number of benzene rings is 2. The van der Waals surface area contributed by atoms with Crippen LogP contribution in [0, 0.1) is 13.8 Å². The fourth-order valence-electron chi connectivity index (χ4n) is 2.07. The summed E-state index contributed by atoms with van der Waals surface area (Å²) in [5, 5.41) is 0. The molecule has 0 aliphatic rings. The first-order valence-electron chi connectivity index (χ1n) is 6.87. The molecule has 0 atom stereocenters. The second kappa shape index (κ2) is 6.33. The Kier molecular flexibility index (Phi) is 4.51. The second-order valence-corrected chi connectivity index (χ2v) is 4.94. The van der Waals surface area contributed by atoms with Crippen molar-refractivity contribution in [2.24, 2.45) is 0 Å². The minimum atomic E-state index is 0.542. The maximum atomic E-state index is 6.10. The molecule has 2 N–H and O–H groups in total. The molecule has 0 bridgehead atoms. The third kappa shape index (κ3) is 3.44. The fraction of sp³-hybridized carbons (Fsp3) is 0.294. The molecular formula is C17H21NO2. The Labute approximate surface area is 120 Å². The van der Waals surface area contributed by atoms with Crippen LogP contribution < -0.4 is 15.2 Å². The normalized spacial score (nSPS) is 10.3. The Morgan fingerprint density at radius 2 is 1.65 bits per heavy atom. The third-order valence-corrected chi connectivity index (χ3v) is 2.91. The molecule has 2 rings (SSSR count). The quantitative estimate of drug-likeness (QED) is 0.816. The Bertz CT molecular complexity index is 573. The number of anilines is 1. The average Bonchev–Trinajstić information content (AvgIpc) is 2.38. The predicted molar refractivity (Wildman–Crippen MR) is 82.6 cm³/mol. The van der Waals surface area contributed by atoms with Gasteiger partial charge in [0.15, 0.2) is 5.75 Å². The van der Waals surface area contributed by atoms with Gasteiger partial charge in [0.2, 0.25) is 0 Å². The van der Waals surface area contributed by atoms with E-state index in [1.807, 2.05) is 44.2 Å². The Morgan fingerprint density at radius 1 is 1.00 bits per heavy atom. The monoisotopic (exact) mass is 271 g/mol. The molecule has 0 unspecified atom stereocenters. The summed E-state index contributed by atoms with van der Waals surface area (Å²) in [4.78, 5) is 0. The van der Waals surface area contributed by atoms with E-state index in [0.717, 1.165) is 23.3 Å². The SMILES string of the molecule is CCCOc1cccc(Oc2cc(C)cc(C)c2)c1N. The van der Waals surface area contributed by atoms with Crippen molar-refractivity contribution in [1.82, 2.24) is 0 Å². The first-order valence-corrected chi connectivity index (χ1v) is 6.87. The predicted octanol–water partition coefficient (Wildman–Crippen LogP) is 4.47. The van der Waals surface area contributed by atoms with Crippen LogP contribution in [0.2, 0.25) is 0 Å². The van der Waals surface area contributed by atoms with Crippen LogP contribution in [0.15, 0.2) is 36.4 Å². The summed E-state index contributed by atoms with van der Waals surface area (Å²) in [6.45, 7) is 6.80. The van der Waals surface area contributed by atoms with Crippen LogP contribution in [0.25, 0.3) is 0 Å². The zero-order valence-electron chi connectivity index (χ0n) is 12.3. The van der Waals surface area contributed by atoms with Crippen molar-refractivity contribution in [3.05, 3.63) is 47.5 Å². The first-order chi connectivity index (χ1) is 9.60. The van der Waals surface area contributed by atoms with Crippen molar-refractivity contribution in [2.45, 2.75) is 27.2 Å². The second-order valence-electron chi connectivity index (χ2n) is 4.94. The van der Waals surface area contributed by atoms with Gasteiger partial charge in [0.25, 0.3) is 0 Å². The van der Waals surface area contributed by atoms with E-state index in [9.17, 15) is 0 Å². The topological polar surface area (TPSA) is 44.5 Å². The number of rotatable bonds is 5. The number of aryl methyl sites for hydroxylation is 2. The van der Waals surface area contributed by atoms with Crippen LogP contribution in [-0.2, 0) is 0 Å². The molecule has 2 aromatic carbocycles. The van der Waals surface area contributed by atoms with E-state index in [1.165, 1.54) is 0 Å². The van der Waals surface area contributed by atoms with Crippen LogP contribution in [0.1, 0.15) is 24.5 Å². The summed E-state index contributed by atoms with van der Waals surface area (Å²) in [5.41, 5.74) is 8.97. The number of nitrogens with two attached hydrogens (primary N) is 1. The summed E-state index contributed by atoms with van der Waals surface area (Å²) in [6, 6.07) is 11.7. The van der Waals surface area contributed by atoms with Crippen molar-refractivity contribution in [2.75, 3.05) is 12.3 Å². The Hall–Kier alpha value is -2.16. The van der Waals surface area contributed by atoms with E-state index < -0.39 is 0 Å². The minimum absolute atomic E-state index is 0.542. The molecule has 3 nitrogen and oxygen atoms in total. The molecule has 2 aromatic rings. The van der Waals surface area contributed by atoms with Gasteiger partial charge in [0, 0.05) is 0 Å². The molecule has 20 heavy (non-hydrogen) atoms. The van der Waals surface area contributed by atoms with E-state index in [1.54, 1.807) is 0 Å². The van der Waals surface area contributed by atoms with Gasteiger partial charge in [-0.1, -0.05) is 19.1 Å². The molecule has 106 valence electrons. The van der Waals surface area contributed by atoms with E-state index in [-0.39, 0.29) is 0 Å². The van der Waals surface area contributed by atoms with Crippen LogP contribution in [0.3, 0.4) is 0 Å². The van der Waals surface area contributed by atoms with Gasteiger partial charge in [-0.25, -0.2) is 0 Å². The van der Waals surface area contributed by atoms with Gasteiger partial charge in [-0.05, 0) is 55.7 Å². The number of hydrogen-bond donors (Lipinski definition) is 1. The largest absolute Gasteiger partial charge is 0.491 e. The molecule has 0 radical (unpaired) electrons. The number of para-hydroxylation sites is 1. The van der Waals surface area contributed by atoms with Gasteiger partial charge in [-0.3, -0.25) is 0 Å². The van der Waals surface area contributed by atoms with Gasteiger partial charge < -0.3 is 15.2 Å². The lowest BCUT2D eigenvalue weighted by Gasteiger charge is -2.13. The lowest BCUT2D eigenvalue weighted by Crippen LogP contribution is -2.00. The van der Waals surface area contributed by atoms with Crippen molar-refractivity contribution >= 4 is 5.69 Å². The Morgan fingerprint density at radius 3 is 2.30 bits per heavy atom. The first kappa shape index (κ1) is 14.3. The van der Waals surface area contributed by atoms with Gasteiger partial charge in [0.1, 0.15) is 17.2 Å². The van der Waals surface area contributed by atoms with Crippen molar-refractivity contribution < 1.29 is 9.47 Å². The highest BCUT2D eigenvalue weighted by atomic mass is 16.5. The molecule has 0 amide bonds. The summed E-state index contributed by atoms with van der Waals surface area (Å²) in [6.07, 6.45) is 0.946. The molecule has 0 fully saturated rings. The molecule has 0 spiro atoms. The molecule has 0 aromatic heterocycles. The van der Waals surface area contributed by atoms with Crippen molar-refractivity contribution in [1.29, 1.82) is 0 Å². The lowest BCUT2D eigenvalue weighted by molar-refractivity contribution is 0.318. The molecule has 0 saturated carbocycles. The molecular weight excluding hydrogens is 250 g/mol. The zero-order chi connectivity index (χ0) is 14.5. The standard InChI is InChI=1S/C17H21NO2/c1-4-8-19-15-6-5-7-16(17(15)18)20-14-10-12(2)9-13(3)11-14/h5-7,9-11H,4,8,18H2,1-3H3. The van der Waals surface area contributed by atoms with Gasteiger partial charge in [0.05, 0.1) is 6.61 Å². The average molecular weight is 271 g/mol. The number of nitrogen functional groups attached to an aromatic ring is 1. The smallest absolute Gasteiger partial charge is 0.154 e. The van der Waals surface area contributed by atoms with E-state index >= 15 is 0 Å². The highest BCUT2D eigenvalue weighted by molar-refractivity contribution is 5.63. The number of ether oxygens (including phenoxy) is 2. The fourth-order valence-corrected chi connectivity index (χ4v) is 2.07. The van der Waals surface area contributed by atoms with Crippen LogP contribution in [0.5, 0.6) is 17.2 Å². The highest BCUT2D eigenvalue weighted by Crippen LogP contribution is 2.35. The maximum absolute atomic E-state index is 6.10. The summed E-state index contributed by atoms with van der Waals surface area (Å²) < 4.78 is 11.5. The number of hydrogen-bond acceptors (Lipinski definition) is 3. The van der Waals surface area contributed by atoms with E-state index in [2.05, 4.69) is 13.0 Å². The van der Waals surface area contributed by atoms with Gasteiger partial charge >= 0.3 is 0 Å². The van der Waals surface area contributed by atoms with Gasteiger partial charge in [-0.15, -0.1) is 0 Å². The third-order valence-electron chi connectivity index (χ3n) is 2.91. The highest BCUT2D eigenvalue weighted by Gasteiger charge is 2.08.